The Kier molecular flexibility index (Phi) is 6.09. The number of hydrogen-bond acceptors (Lipinski definition) is 3. The Bertz CT molecular complexity index is 856. The van der Waals surface area contributed by atoms with Crippen molar-refractivity contribution in [1.82, 2.24) is 4.90 Å². The molecule has 4 heteroatoms. The van der Waals surface area contributed by atoms with Crippen molar-refractivity contribution in [2.75, 3.05) is 13.1 Å². The van der Waals surface area contributed by atoms with Gasteiger partial charge in [0.2, 0.25) is 0 Å². The van der Waals surface area contributed by atoms with Crippen LogP contribution >= 0.6 is 0 Å². The zero-order valence-corrected chi connectivity index (χ0v) is 17.6. The molecule has 0 radical (unpaired) electrons. The van der Waals surface area contributed by atoms with E-state index in [1.165, 1.54) is 29.2 Å². The second-order valence-corrected chi connectivity index (χ2v) is 8.91. The third kappa shape index (κ3) is 4.42. The van der Waals surface area contributed by atoms with Crippen LogP contribution in [-0.2, 0) is 4.79 Å². The first kappa shape index (κ1) is 20.2. The van der Waals surface area contributed by atoms with Crippen LogP contribution in [-0.4, -0.2) is 35.2 Å². The minimum Gasteiger partial charge on any atom is -0.490 e. The summed E-state index contributed by atoms with van der Waals surface area (Å²) < 4.78 is 6.26. The lowest BCUT2D eigenvalue weighted by Gasteiger charge is -2.36. The first-order valence-electron chi connectivity index (χ1n) is 11.2. The second-order valence-electron chi connectivity index (χ2n) is 8.91. The Hall–Kier alpha value is -2.07. The van der Waals surface area contributed by atoms with E-state index in [1.807, 2.05) is 0 Å². The first-order chi connectivity index (χ1) is 14.0. The van der Waals surface area contributed by atoms with E-state index in [2.05, 4.69) is 55.1 Å². The third-order valence-corrected chi connectivity index (χ3v) is 7.00. The molecule has 0 spiro atoms. The minimum atomic E-state index is -0.645. The van der Waals surface area contributed by atoms with E-state index in [1.54, 1.807) is 0 Å². The van der Waals surface area contributed by atoms with Crippen LogP contribution in [0, 0.1) is 11.8 Å². The third-order valence-electron chi connectivity index (χ3n) is 7.00. The Labute approximate surface area is 173 Å². The molecule has 4 nitrogen and oxygen atoms in total. The van der Waals surface area contributed by atoms with Gasteiger partial charge in [-0.3, -0.25) is 9.69 Å². The van der Waals surface area contributed by atoms with E-state index in [9.17, 15) is 9.90 Å². The maximum absolute atomic E-state index is 11.2. The summed E-state index contributed by atoms with van der Waals surface area (Å²) in [6.07, 6.45) is 6.58. The molecule has 2 aromatic rings. The number of nitrogens with zero attached hydrogens (tertiary/aromatic N) is 1. The van der Waals surface area contributed by atoms with E-state index >= 15 is 0 Å². The molecule has 0 aromatic heterocycles. The molecule has 2 aromatic carbocycles. The number of ether oxygens (including phenoxy) is 1. The molecule has 3 atom stereocenters. The highest BCUT2D eigenvalue weighted by atomic mass is 16.5. The zero-order chi connectivity index (χ0) is 20.4. The predicted molar refractivity (Wildman–Crippen MR) is 116 cm³/mol. The fourth-order valence-corrected chi connectivity index (χ4v) is 5.15. The topological polar surface area (TPSA) is 49.8 Å². The van der Waals surface area contributed by atoms with E-state index < -0.39 is 5.97 Å². The number of carboxylic acids is 1. The van der Waals surface area contributed by atoms with Crippen LogP contribution in [0.3, 0.4) is 0 Å². The van der Waals surface area contributed by atoms with E-state index in [0.717, 1.165) is 44.5 Å². The smallest absolute Gasteiger partial charge is 0.306 e. The summed E-state index contributed by atoms with van der Waals surface area (Å²) in [7, 11) is 0. The number of aliphatic carboxylic acids is 1. The molecule has 2 fully saturated rings. The summed E-state index contributed by atoms with van der Waals surface area (Å²) in [5, 5.41) is 11.7. The molecule has 0 bridgehead atoms. The molecule has 1 N–H and O–H groups in total. The van der Waals surface area contributed by atoms with Crippen LogP contribution < -0.4 is 4.74 Å². The summed E-state index contributed by atoms with van der Waals surface area (Å²) in [5.74, 6) is 0.797. The summed E-state index contributed by atoms with van der Waals surface area (Å²) in [5.41, 5.74) is 1.33. The van der Waals surface area contributed by atoms with Crippen LogP contribution in [0.5, 0.6) is 5.75 Å². The quantitative estimate of drug-likeness (QED) is 0.686. The molecule has 1 aliphatic heterocycles. The van der Waals surface area contributed by atoms with Gasteiger partial charge in [0.25, 0.3) is 0 Å². The Balaban J connectivity index is 1.49. The molecule has 29 heavy (non-hydrogen) atoms. The molecular weight excluding hydrogens is 362 g/mol. The summed E-state index contributed by atoms with van der Waals surface area (Å²) >= 11 is 0. The van der Waals surface area contributed by atoms with Gasteiger partial charge in [-0.15, -0.1) is 0 Å². The molecule has 2 aliphatic rings. The van der Waals surface area contributed by atoms with Crippen LogP contribution in [0.15, 0.2) is 36.4 Å². The Morgan fingerprint density at radius 2 is 1.83 bits per heavy atom. The lowest BCUT2D eigenvalue weighted by Crippen LogP contribution is -2.38. The number of likely N-dealkylation sites (tertiary alicyclic amines) is 1. The van der Waals surface area contributed by atoms with Gasteiger partial charge in [-0.25, -0.2) is 0 Å². The predicted octanol–water partition coefficient (Wildman–Crippen LogP) is 5.65. The maximum atomic E-state index is 11.2. The van der Waals surface area contributed by atoms with Crippen LogP contribution in [0.1, 0.15) is 64.0 Å². The highest BCUT2D eigenvalue weighted by Gasteiger charge is 2.29. The molecular formula is C25H33NO3. The average molecular weight is 396 g/mol. The van der Waals surface area contributed by atoms with Gasteiger partial charge in [-0.1, -0.05) is 32.0 Å². The SMILES string of the molecule is CCC(c1ccc2cc(OC3CCCC3C)ccc2c1)N1CCC(C(=O)O)CC1. The van der Waals surface area contributed by atoms with Crippen LogP contribution in [0.4, 0.5) is 0 Å². The standard InChI is InChI=1S/C25H33NO3/c1-3-23(26-13-11-18(12-14-26)25(27)28)21-8-7-20-16-22(10-9-19(20)15-21)29-24-6-4-5-17(24)2/h7-10,15-18,23-24H,3-6,11-14H2,1-2H3,(H,27,28). The monoisotopic (exact) mass is 395 g/mol. The van der Waals surface area contributed by atoms with Crippen molar-refractivity contribution in [3.8, 4) is 5.75 Å². The number of piperidine rings is 1. The minimum absolute atomic E-state index is 0.179. The highest BCUT2D eigenvalue weighted by molar-refractivity contribution is 5.84. The second kappa shape index (κ2) is 8.74. The van der Waals surface area contributed by atoms with Gasteiger partial charge in [-0.2, -0.15) is 0 Å². The molecule has 1 heterocycles. The summed E-state index contributed by atoms with van der Waals surface area (Å²) in [4.78, 5) is 13.7. The van der Waals surface area contributed by atoms with Crippen molar-refractivity contribution in [3.63, 3.8) is 0 Å². The van der Waals surface area contributed by atoms with E-state index in [0.29, 0.717) is 18.1 Å². The molecule has 3 unspecified atom stereocenters. The number of fused-ring (bicyclic) bond motifs is 1. The van der Waals surface area contributed by atoms with Gasteiger partial charge >= 0.3 is 5.97 Å². The molecule has 0 amide bonds. The summed E-state index contributed by atoms with van der Waals surface area (Å²) in [6, 6.07) is 13.6. The van der Waals surface area contributed by atoms with Gasteiger partial charge < -0.3 is 9.84 Å². The van der Waals surface area contributed by atoms with Gasteiger partial charge in [0.05, 0.1) is 5.92 Å². The van der Waals surface area contributed by atoms with E-state index in [4.69, 9.17) is 4.74 Å². The van der Waals surface area contributed by atoms with Crippen molar-refractivity contribution < 1.29 is 14.6 Å². The lowest BCUT2D eigenvalue weighted by atomic mass is 9.93. The molecule has 1 saturated heterocycles. The molecule has 4 rings (SSSR count). The van der Waals surface area contributed by atoms with Crippen molar-refractivity contribution in [3.05, 3.63) is 42.0 Å². The average Bonchev–Trinajstić information content (AvgIpc) is 3.13. The molecule has 1 aliphatic carbocycles. The van der Waals surface area contributed by atoms with Crippen molar-refractivity contribution in [1.29, 1.82) is 0 Å². The number of carbonyl (C=O) groups is 1. The largest absolute Gasteiger partial charge is 0.490 e. The fraction of sp³-hybridized carbons (Fsp3) is 0.560. The van der Waals surface area contributed by atoms with Gasteiger partial charge in [0.15, 0.2) is 0 Å². The number of rotatable bonds is 6. The lowest BCUT2D eigenvalue weighted by molar-refractivity contribution is -0.143. The van der Waals surface area contributed by atoms with E-state index in [-0.39, 0.29) is 5.92 Å². The summed E-state index contributed by atoms with van der Waals surface area (Å²) in [6.45, 7) is 6.23. The van der Waals surface area contributed by atoms with Crippen molar-refractivity contribution >= 4 is 16.7 Å². The van der Waals surface area contributed by atoms with Crippen molar-refractivity contribution in [2.24, 2.45) is 11.8 Å². The Morgan fingerprint density at radius 3 is 2.48 bits per heavy atom. The molecule has 156 valence electrons. The van der Waals surface area contributed by atoms with Crippen LogP contribution in [0.25, 0.3) is 10.8 Å². The normalized spacial score (nSPS) is 24.6. The number of hydrogen-bond donors (Lipinski definition) is 1. The van der Waals surface area contributed by atoms with Gasteiger partial charge in [0.1, 0.15) is 11.9 Å². The molecule has 1 saturated carbocycles. The maximum Gasteiger partial charge on any atom is 0.306 e. The first-order valence-corrected chi connectivity index (χ1v) is 11.2. The number of carboxylic acid groups (broad SMARTS) is 1. The van der Waals surface area contributed by atoms with Crippen molar-refractivity contribution in [2.45, 2.75) is 64.5 Å². The number of benzene rings is 2. The Morgan fingerprint density at radius 1 is 1.10 bits per heavy atom. The fourth-order valence-electron chi connectivity index (χ4n) is 5.15. The van der Waals surface area contributed by atoms with Gasteiger partial charge in [0, 0.05) is 6.04 Å². The zero-order valence-electron chi connectivity index (χ0n) is 17.6. The highest BCUT2D eigenvalue weighted by Crippen LogP contribution is 2.33. The van der Waals surface area contributed by atoms with Gasteiger partial charge in [-0.05, 0) is 92.1 Å². The van der Waals surface area contributed by atoms with Crippen LogP contribution in [0.2, 0.25) is 0 Å².